The number of hydrogen-bond acceptors (Lipinski definition) is 3. The van der Waals surface area contributed by atoms with E-state index < -0.39 is 0 Å². The molecule has 2 rings (SSSR count). The highest BCUT2D eigenvalue weighted by Crippen LogP contribution is 2.24. The lowest BCUT2D eigenvalue weighted by molar-refractivity contribution is -0.116. The van der Waals surface area contributed by atoms with E-state index in [9.17, 15) is 9.59 Å². The highest BCUT2D eigenvalue weighted by molar-refractivity contribution is 8.00. The Kier molecular flexibility index (Phi) is 4.07. The topological polar surface area (TPSA) is 46.2 Å². The fourth-order valence-corrected chi connectivity index (χ4v) is 2.53. The van der Waals surface area contributed by atoms with Crippen LogP contribution in [0.15, 0.2) is 18.2 Å². The standard InChI is InChI=1S/C14H17NO2S/c1-9(2)18-8-13(16)11-3-5-12-10(7-11)4-6-14(17)15-12/h3,5,7,9H,4,6,8H2,1-2H3,(H,15,17). The monoisotopic (exact) mass is 263 g/mol. The average molecular weight is 263 g/mol. The second-order valence-corrected chi connectivity index (χ2v) is 6.27. The van der Waals surface area contributed by atoms with Crippen LogP contribution in [0, 0.1) is 0 Å². The summed E-state index contributed by atoms with van der Waals surface area (Å²) in [6.07, 6.45) is 1.23. The van der Waals surface area contributed by atoms with Crippen molar-refractivity contribution in [2.24, 2.45) is 0 Å². The predicted octanol–water partition coefficient (Wildman–Crippen LogP) is 2.90. The molecule has 18 heavy (non-hydrogen) atoms. The minimum Gasteiger partial charge on any atom is -0.326 e. The molecule has 0 spiro atoms. The average Bonchev–Trinajstić information content (AvgIpc) is 2.35. The molecule has 1 aromatic carbocycles. The van der Waals surface area contributed by atoms with E-state index in [2.05, 4.69) is 19.2 Å². The molecule has 0 radical (unpaired) electrons. The molecule has 1 aromatic rings. The normalized spacial score (nSPS) is 14.3. The molecule has 0 atom stereocenters. The van der Waals surface area contributed by atoms with Crippen LogP contribution in [0.5, 0.6) is 0 Å². The zero-order valence-corrected chi connectivity index (χ0v) is 11.5. The Bertz CT molecular complexity index is 483. The quantitative estimate of drug-likeness (QED) is 0.850. The van der Waals surface area contributed by atoms with Crippen LogP contribution in [-0.4, -0.2) is 22.7 Å². The summed E-state index contributed by atoms with van der Waals surface area (Å²) in [7, 11) is 0. The van der Waals surface area contributed by atoms with Crippen molar-refractivity contribution in [3.63, 3.8) is 0 Å². The van der Waals surface area contributed by atoms with E-state index in [1.165, 1.54) is 0 Å². The molecule has 1 N–H and O–H groups in total. The number of hydrogen-bond donors (Lipinski definition) is 1. The van der Waals surface area contributed by atoms with Crippen LogP contribution in [0.25, 0.3) is 0 Å². The van der Waals surface area contributed by atoms with Crippen molar-refractivity contribution in [1.29, 1.82) is 0 Å². The maximum atomic E-state index is 12.0. The molecule has 96 valence electrons. The van der Waals surface area contributed by atoms with Gasteiger partial charge in [-0.15, -0.1) is 0 Å². The lowest BCUT2D eigenvalue weighted by Gasteiger charge is -2.17. The summed E-state index contributed by atoms with van der Waals surface area (Å²) < 4.78 is 0. The summed E-state index contributed by atoms with van der Waals surface area (Å²) in [5.41, 5.74) is 2.66. The van der Waals surface area contributed by atoms with Gasteiger partial charge in [0.15, 0.2) is 5.78 Å². The summed E-state index contributed by atoms with van der Waals surface area (Å²) in [4.78, 5) is 23.2. The molecule has 3 nitrogen and oxygen atoms in total. The van der Waals surface area contributed by atoms with Gasteiger partial charge < -0.3 is 5.32 Å². The Morgan fingerprint density at radius 1 is 1.39 bits per heavy atom. The molecule has 1 amide bonds. The molecule has 0 saturated heterocycles. The van der Waals surface area contributed by atoms with E-state index in [1.807, 2.05) is 12.1 Å². The largest absolute Gasteiger partial charge is 0.326 e. The van der Waals surface area contributed by atoms with E-state index in [0.29, 0.717) is 17.4 Å². The lowest BCUT2D eigenvalue weighted by atomic mass is 9.99. The number of carbonyl (C=O) groups excluding carboxylic acids is 2. The first-order valence-electron chi connectivity index (χ1n) is 6.14. The number of carbonyl (C=O) groups is 2. The number of aryl methyl sites for hydroxylation is 1. The van der Waals surface area contributed by atoms with Crippen molar-refractivity contribution in [2.45, 2.75) is 31.9 Å². The Balaban J connectivity index is 2.11. The zero-order chi connectivity index (χ0) is 13.1. The number of anilines is 1. The Labute approximate surface area is 111 Å². The molecular formula is C14H17NO2S. The number of ketones is 1. The number of rotatable bonds is 4. The minimum absolute atomic E-state index is 0.0527. The number of fused-ring (bicyclic) bond motifs is 1. The molecule has 0 saturated carbocycles. The fraction of sp³-hybridized carbons (Fsp3) is 0.429. The summed E-state index contributed by atoms with van der Waals surface area (Å²) in [5.74, 6) is 0.730. The fourth-order valence-electron chi connectivity index (χ4n) is 1.88. The predicted molar refractivity (Wildman–Crippen MR) is 75.3 cm³/mol. The number of benzene rings is 1. The van der Waals surface area contributed by atoms with E-state index in [-0.39, 0.29) is 11.7 Å². The lowest BCUT2D eigenvalue weighted by Crippen LogP contribution is -2.19. The van der Waals surface area contributed by atoms with Crippen molar-refractivity contribution < 1.29 is 9.59 Å². The second-order valence-electron chi connectivity index (χ2n) is 4.70. The number of amides is 1. The van der Waals surface area contributed by atoms with Crippen molar-refractivity contribution >= 4 is 29.1 Å². The van der Waals surface area contributed by atoms with Gasteiger partial charge >= 0.3 is 0 Å². The highest BCUT2D eigenvalue weighted by Gasteiger charge is 2.16. The Morgan fingerprint density at radius 2 is 2.17 bits per heavy atom. The summed E-state index contributed by atoms with van der Waals surface area (Å²) in [5, 5.41) is 3.28. The van der Waals surface area contributed by atoms with Gasteiger partial charge in [0, 0.05) is 17.7 Å². The molecule has 0 unspecified atom stereocenters. The summed E-state index contributed by atoms with van der Waals surface area (Å²) >= 11 is 1.65. The molecule has 1 heterocycles. The van der Waals surface area contributed by atoms with Crippen LogP contribution >= 0.6 is 11.8 Å². The van der Waals surface area contributed by atoms with Crippen LogP contribution < -0.4 is 5.32 Å². The third-order valence-corrected chi connectivity index (χ3v) is 3.97. The van der Waals surface area contributed by atoms with E-state index >= 15 is 0 Å². The SMILES string of the molecule is CC(C)SCC(=O)c1ccc2c(c1)CCC(=O)N2. The smallest absolute Gasteiger partial charge is 0.224 e. The van der Waals surface area contributed by atoms with Crippen molar-refractivity contribution in [2.75, 3.05) is 11.1 Å². The molecule has 0 fully saturated rings. The van der Waals surface area contributed by atoms with Gasteiger partial charge in [0.25, 0.3) is 0 Å². The molecule has 1 aliphatic rings. The molecular weight excluding hydrogens is 246 g/mol. The van der Waals surface area contributed by atoms with Crippen molar-refractivity contribution in [1.82, 2.24) is 0 Å². The van der Waals surface area contributed by atoms with Crippen molar-refractivity contribution in [3.05, 3.63) is 29.3 Å². The summed E-state index contributed by atoms with van der Waals surface area (Å²) in [6, 6.07) is 5.55. The van der Waals surface area contributed by atoms with Gasteiger partial charge in [-0.05, 0) is 35.4 Å². The maximum Gasteiger partial charge on any atom is 0.224 e. The first kappa shape index (κ1) is 13.1. The van der Waals surface area contributed by atoms with Gasteiger partial charge in [-0.3, -0.25) is 9.59 Å². The number of nitrogens with one attached hydrogen (secondary N) is 1. The maximum absolute atomic E-state index is 12.0. The molecule has 0 aromatic heterocycles. The van der Waals surface area contributed by atoms with Gasteiger partial charge in [-0.1, -0.05) is 13.8 Å². The Morgan fingerprint density at radius 3 is 2.89 bits per heavy atom. The van der Waals surface area contributed by atoms with Crippen LogP contribution in [0.4, 0.5) is 5.69 Å². The van der Waals surface area contributed by atoms with Crippen LogP contribution in [0.2, 0.25) is 0 Å². The Hall–Kier alpha value is -1.29. The number of thioether (sulfide) groups is 1. The third-order valence-electron chi connectivity index (χ3n) is 2.87. The zero-order valence-electron chi connectivity index (χ0n) is 10.7. The van der Waals surface area contributed by atoms with Crippen LogP contribution in [-0.2, 0) is 11.2 Å². The van der Waals surface area contributed by atoms with Gasteiger partial charge in [-0.25, -0.2) is 0 Å². The molecule has 0 bridgehead atoms. The third kappa shape index (κ3) is 3.13. The molecule has 1 aliphatic heterocycles. The molecule has 0 aliphatic carbocycles. The van der Waals surface area contributed by atoms with E-state index in [4.69, 9.17) is 0 Å². The van der Waals surface area contributed by atoms with Crippen LogP contribution in [0.1, 0.15) is 36.2 Å². The van der Waals surface area contributed by atoms with Gasteiger partial charge in [-0.2, -0.15) is 11.8 Å². The summed E-state index contributed by atoms with van der Waals surface area (Å²) in [6.45, 7) is 4.17. The molecule has 4 heteroatoms. The van der Waals surface area contributed by atoms with E-state index in [1.54, 1.807) is 17.8 Å². The minimum atomic E-state index is 0.0527. The van der Waals surface area contributed by atoms with Gasteiger partial charge in [0.05, 0.1) is 5.75 Å². The first-order valence-corrected chi connectivity index (χ1v) is 7.18. The highest BCUT2D eigenvalue weighted by atomic mass is 32.2. The van der Waals surface area contributed by atoms with E-state index in [0.717, 1.165) is 23.2 Å². The van der Waals surface area contributed by atoms with Gasteiger partial charge in [0.2, 0.25) is 5.91 Å². The second kappa shape index (κ2) is 5.57. The first-order chi connectivity index (χ1) is 8.56. The van der Waals surface area contributed by atoms with Gasteiger partial charge in [0.1, 0.15) is 0 Å². The van der Waals surface area contributed by atoms with Crippen molar-refractivity contribution in [3.8, 4) is 0 Å². The number of Topliss-reactive ketones (excluding diaryl/α,β-unsaturated/α-hetero) is 1. The van der Waals surface area contributed by atoms with Crippen LogP contribution in [0.3, 0.4) is 0 Å².